The van der Waals surface area contributed by atoms with E-state index in [1.54, 1.807) is 6.07 Å². The maximum atomic E-state index is 13.8. The van der Waals surface area contributed by atoms with Crippen LogP contribution in [0.4, 0.5) is 8.78 Å². The van der Waals surface area contributed by atoms with E-state index in [0.29, 0.717) is 17.4 Å². The van der Waals surface area contributed by atoms with Crippen molar-refractivity contribution in [1.29, 1.82) is 0 Å². The second-order valence-corrected chi connectivity index (χ2v) is 4.60. The minimum Gasteiger partial charge on any atom is -0.207 e. The third-order valence-electron chi connectivity index (χ3n) is 3.17. The normalized spacial score (nSPS) is 11.4. The molecule has 2 aromatic rings. The first-order valence-electron chi connectivity index (χ1n) is 5.95. The fourth-order valence-electron chi connectivity index (χ4n) is 2.33. The highest BCUT2D eigenvalue weighted by Crippen LogP contribution is 2.32. The molecule has 2 aromatic carbocycles. The SMILES string of the molecule is CCc1c(F)cc(F)c2cccc(C(C)C)c12. The van der Waals surface area contributed by atoms with Gasteiger partial charge in [-0.25, -0.2) is 8.78 Å². The predicted molar refractivity (Wildman–Crippen MR) is 67.3 cm³/mol. The maximum Gasteiger partial charge on any atom is 0.133 e. The molecule has 0 nitrogen and oxygen atoms in total. The van der Waals surface area contributed by atoms with Crippen LogP contribution in [-0.2, 0) is 6.42 Å². The molecule has 0 unspecified atom stereocenters. The predicted octanol–water partition coefficient (Wildman–Crippen LogP) is 4.80. The average Bonchev–Trinajstić information content (AvgIpc) is 2.28. The fraction of sp³-hybridized carbons (Fsp3) is 0.333. The van der Waals surface area contributed by atoms with Gasteiger partial charge in [-0.3, -0.25) is 0 Å². The molecule has 0 N–H and O–H groups in total. The van der Waals surface area contributed by atoms with Crippen LogP contribution >= 0.6 is 0 Å². The van der Waals surface area contributed by atoms with E-state index in [0.717, 1.165) is 17.0 Å². The Labute approximate surface area is 100 Å². The third-order valence-corrected chi connectivity index (χ3v) is 3.17. The van der Waals surface area contributed by atoms with Crippen molar-refractivity contribution in [2.24, 2.45) is 0 Å². The summed E-state index contributed by atoms with van der Waals surface area (Å²) >= 11 is 0. The van der Waals surface area contributed by atoms with Crippen molar-refractivity contribution >= 4 is 10.8 Å². The second kappa shape index (κ2) is 4.44. The molecule has 0 bridgehead atoms. The van der Waals surface area contributed by atoms with Gasteiger partial charge >= 0.3 is 0 Å². The van der Waals surface area contributed by atoms with Gasteiger partial charge in [0.2, 0.25) is 0 Å². The molecule has 90 valence electrons. The Kier molecular flexibility index (Phi) is 3.14. The first-order valence-corrected chi connectivity index (χ1v) is 5.95. The van der Waals surface area contributed by atoms with E-state index in [-0.39, 0.29) is 5.92 Å². The number of fused-ring (bicyclic) bond motifs is 1. The average molecular weight is 234 g/mol. The van der Waals surface area contributed by atoms with Crippen LogP contribution in [0.5, 0.6) is 0 Å². The lowest BCUT2D eigenvalue weighted by atomic mass is 9.91. The molecule has 0 fully saturated rings. The van der Waals surface area contributed by atoms with Crippen molar-refractivity contribution in [3.63, 3.8) is 0 Å². The van der Waals surface area contributed by atoms with Gasteiger partial charge in [0.25, 0.3) is 0 Å². The van der Waals surface area contributed by atoms with Gasteiger partial charge in [0.05, 0.1) is 0 Å². The maximum absolute atomic E-state index is 13.8. The van der Waals surface area contributed by atoms with Gasteiger partial charge in [-0.1, -0.05) is 39.0 Å². The summed E-state index contributed by atoms with van der Waals surface area (Å²) in [6.07, 6.45) is 0.576. The zero-order valence-electron chi connectivity index (χ0n) is 10.3. The Bertz CT molecular complexity index is 556. The van der Waals surface area contributed by atoms with Crippen LogP contribution in [0.1, 0.15) is 37.8 Å². The Balaban J connectivity index is 2.95. The van der Waals surface area contributed by atoms with Crippen LogP contribution < -0.4 is 0 Å². The topological polar surface area (TPSA) is 0 Å². The molecule has 0 radical (unpaired) electrons. The second-order valence-electron chi connectivity index (χ2n) is 4.60. The van der Waals surface area contributed by atoms with Crippen molar-refractivity contribution < 1.29 is 8.78 Å². The lowest BCUT2D eigenvalue weighted by Crippen LogP contribution is -1.98. The van der Waals surface area contributed by atoms with Crippen molar-refractivity contribution in [3.05, 3.63) is 47.0 Å². The molecule has 2 heteroatoms. The standard InChI is InChI=1S/C15H16F2/c1-4-10-13(16)8-14(17)12-7-5-6-11(9(2)3)15(10)12/h5-9H,4H2,1-3H3. The highest BCUT2D eigenvalue weighted by molar-refractivity contribution is 5.90. The number of hydrogen-bond acceptors (Lipinski definition) is 0. The Hall–Kier alpha value is -1.44. The summed E-state index contributed by atoms with van der Waals surface area (Å²) in [5.41, 5.74) is 1.63. The molecule has 0 spiro atoms. The minimum absolute atomic E-state index is 0.255. The first kappa shape index (κ1) is 12.0. The lowest BCUT2D eigenvalue weighted by molar-refractivity contribution is 0.582. The first-order chi connectivity index (χ1) is 8.06. The molecule has 0 amide bonds. The quantitative estimate of drug-likeness (QED) is 0.700. The van der Waals surface area contributed by atoms with Gasteiger partial charge in [0, 0.05) is 11.5 Å². The summed E-state index contributed by atoms with van der Waals surface area (Å²) < 4.78 is 27.6. The number of rotatable bonds is 2. The van der Waals surface area contributed by atoms with Crippen LogP contribution in [0.15, 0.2) is 24.3 Å². The zero-order valence-corrected chi connectivity index (χ0v) is 10.3. The third kappa shape index (κ3) is 1.92. The monoisotopic (exact) mass is 234 g/mol. The summed E-state index contributed by atoms with van der Waals surface area (Å²) in [5.74, 6) is -0.659. The summed E-state index contributed by atoms with van der Waals surface area (Å²) in [5, 5.41) is 1.27. The van der Waals surface area contributed by atoms with E-state index < -0.39 is 11.6 Å². The lowest BCUT2D eigenvalue weighted by Gasteiger charge is -2.14. The molecule has 2 rings (SSSR count). The van der Waals surface area contributed by atoms with Crippen molar-refractivity contribution in [2.45, 2.75) is 33.1 Å². The van der Waals surface area contributed by atoms with Gasteiger partial charge in [-0.2, -0.15) is 0 Å². The Morgan fingerprint density at radius 1 is 1.12 bits per heavy atom. The van der Waals surface area contributed by atoms with E-state index in [1.807, 2.05) is 32.9 Å². The summed E-state index contributed by atoms with van der Waals surface area (Å²) in [4.78, 5) is 0. The highest BCUT2D eigenvalue weighted by Gasteiger charge is 2.15. The van der Waals surface area contributed by atoms with Crippen molar-refractivity contribution in [3.8, 4) is 0 Å². The molecular formula is C15H16F2. The van der Waals surface area contributed by atoms with Crippen LogP contribution in [0.3, 0.4) is 0 Å². The van der Waals surface area contributed by atoms with E-state index in [2.05, 4.69) is 0 Å². The van der Waals surface area contributed by atoms with E-state index in [4.69, 9.17) is 0 Å². The number of aryl methyl sites for hydroxylation is 1. The summed E-state index contributed by atoms with van der Waals surface area (Å²) in [7, 11) is 0. The smallest absolute Gasteiger partial charge is 0.133 e. The van der Waals surface area contributed by atoms with Gasteiger partial charge in [0.15, 0.2) is 0 Å². The van der Waals surface area contributed by atoms with Crippen LogP contribution in [0.2, 0.25) is 0 Å². The van der Waals surface area contributed by atoms with Gasteiger partial charge in [-0.15, -0.1) is 0 Å². The molecular weight excluding hydrogens is 218 g/mol. The molecule has 0 aromatic heterocycles. The van der Waals surface area contributed by atoms with Crippen LogP contribution in [-0.4, -0.2) is 0 Å². The minimum atomic E-state index is -0.475. The largest absolute Gasteiger partial charge is 0.207 e. The van der Waals surface area contributed by atoms with Crippen LogP contribution in [0.25, 0.3) is 10.8 Å². The fourth-order valence-corrected chi connectivity index (χ4v) is 2.33. The molecule has 0 aliphatic carbocycles. The van der Waals surface area contributed by atoms with Gasteiger partial charge in [0.1, 0.15) is 11.6 Å². The highest BCUT2D eigenvalue weighted by atomic mass is 19.1. The molecule has 0 aliphatic heterocycles. The van der Waals surface area contributed by atoms with E-state index in [9.17, 15) is 8.78 Å². The van der Waals surface area contributed by atoms with Gasteiger partial charge in [-0.05, 0) is 28.9 Å². The Morgan fingerprint density at radius 2 is 1.82 bits per heavy atom. The van der Waals surface area contributed by atoms with Gasteiger partial charge < -0.3 is 0 Å². The number of hydrogen-bond donors (Lipinski definition) is 0. The molecule has 0 saturated carbocycles. The molecule has 0 aliphatic rings. The van der Waals surface area contributed by atoms with Crippen LogP contribution in [0, 0.1) is 11.6 Å². The van der Waals surface area contributed by atoms with E-state index >= 15 is 0 Å². The van der Waals surface area contributed by atoms with Crippen molar-refractivity contribution in [1.82, 2.24) is 0 Å². The molecule has 0 heterocycles. The summed E-state index contributed by atoms with van der Waals surface area (Å²) in [6.45, 7) is 5.97. The molecule has 17 heavy (non-hydrogen) atoms. The number of benzene rings is 2. The zero-order chi connectivity index (χ0) is 12.6. The van der Waals surface area contributed by atoms with E-state index in [1.165, 1.54) is 0 Å². The molecule has 0 saturated heterocycles. The Morgan fingerprint density at radius 3 is 2.41 bits per heavy atom. The molecule has 0 atom stereocenters. The summed E-state index contributed by atoms with van der Waals surface area (Å²) in [6, 6.07) is 6.49. The number of halogens is 2. The van der Waals surface area contributed by atoms with Crippen molar-refractivity contribution in [2.75, 3.05) is 0 Å².